The van der Waals surface area contributed by atoms with Crippen LogP contribution in [0.5, 0.6) is 0 Å². The van der Waals surface area contributed by atoms with E-state index in [1.807, 2.05) is 26.0 Å². The molecule has 0 aliphatic heterocycles. The molecule has 0 heterocycles. The second-order valence-electron chi connectivity index (χ2n) is 6.88. The van der Waals surface area contributed by atoms with Crippen LogP contribution in [0.4, 0.5) is 5.69 Å². The van der Waals surface area contributed by atoms with Crippen LogP contribution in [0, 0.1) is 0 Å². The lowest BCUT2D eigenvalue weighted by Crippen LogP contribution is -2.38. The number of carbonyl (C=O) groups is 2. The summed E-state index contributed by atoms with van der Waals surface area (Å²) in [6, 6.07) is 7.52. The van der Waals surface area contributed by atoms with Gasteiger partial charge in [-0.25, -0.2) is 0 Å². The van der Waals surface area contributed by atoms with Gasteiger partial charge in [0, 0.05) is 30.4 Å². The van der Waals surface area contributed by atoms with Crippen LogP contribution in [0.3, 0.4) is 0 Å². The average Bonchev–Trinajstić information content (AvgIpc) is 2.62. The molecule has 0 spiro atoms. The van der Waals surface area contributed by atoms with E-state index in [4.69, 9.17) is 0 Å². The molecule has 0 aliphatic rings. The third-order valence-corrected chi connectivity index (χ3v) is 4.57. The number of nitrogens with one attached hydrogen (secondary N) is 1. The average molecular weight is 362 g/mol. The molecule has 0 atom stereocenters. The van der Waals surface area contributed by atoms with Gasteiger partial charge >= 0.3 is 0 Å². The van der Waals surface area contributed by atoms with E-state index in [0.717, 1.165) is 13.0 Å². The van der Waals surface area contributed by atoms with Crippen LogP contribution in [-0.2, 0) is 4.79 Å². The van der Waals surface area contributed by atoms with Crippen molar-refractivity contribution in [3.05, 3.63) is 29.8 Å². The van der Waals surface area contributed by atoms with Crippen molar-refractivity contribution in [1.82, 2.24) is 9.80 Å². The van der Waals surface area contributed by atoms with Crippen LogP contribution in [0.2, 0.25) is 0 Å². The molecule has 146 valence electrons. The predicted octanol–water partition coefficient (Wildman–Crippen LogP) is 4.01. The Hall–Kier alpha value is -1.88. The van der Waals surface area contributed by atoms with E-state index in [1.54, 1.807) is 17.0 Å². The predicted molar refractivity (Wildman–Crippen MR) is 109 cm³/mol. The van der Waals surface area contributed by atoms with Gasteiger partial charge in [0.05, 0.1) is 6.54 Å². The summed E-state index contributed by atoms with van der Waals surface area (Å²) in [4.78, 5) is 28.9. The first-order valence-electron chi connectivity index (χ1n) is 9.86. The number of hydrogen-bond acceptors (Lipinski definition) is 3. The molecule has 1 N–H and O–H groups in total. The molecule has 0 saturated heterocycles. The molecule has 0 aliphatic carbocycles. The van der Waals surface area contributed by atoms with Gasteiger partial charge in [0.25, 0.3) is 5.91 Å². The Bertz CT molecular complexity index is 568. The van der Waals surface area contributed by atoms with Crippen molar-refractivity contribution in [2.45, 2.75) is 59.9 Å². The maximum Gasteiger partial charge on any atom is 0.253 e. The fourth-order valence-electron chi connectivity index (χ4n) is 2.89. The minimum Gasteiger partial charge on any atom is -0.339 e. The van der Waals surface area contributed by atoms with E-state index >= 15 is 0 Å². The van der Waals surface area contributed by atoms with Crippen molar-refractivity contribution in [3.8, 4) is 0 Å². The fraction of sp³-hybridized carbons (Fsp3) is 0.619. The summed E-state index contributed by atoms with van der Waals surface area (Å²) in [7, 11) is 0. The van der Waals surface area contributed by atoms with Gasteiger partial charge < -0.3 is 10.2 Å². The van der Waals surface area contributed by atoms with E-state index in [9.17, 15) is 9.59 Å². The number of benzene rings is 1. The smallest absolute Gasteiger partial charge is 0.253 e. The molecule has 2 amide bonds. The first-order valence-corrected chi connectivity index (χ1v) is 9.86. The van der Waals surface area contributed by atoms with Crippen LogP contribution in [0.15, 0.2) is 24.3 Å². The molecule has 1 aromatic carbocycles. The third-order valence-electron chi connectivity index (χ3n) is 4.57. The summed E-state index contributed by atoms with van der Waals surface area (Å²) in [5.41, 5.74) is 1.28. The summed E-state index contributed by atoms with van der Waals surface area (Å²) < 4.78 is 0. The van der Waals surface area contributed by atoms with Crippen LogP contribution in [-0.4, -0.2) is 53.8 Å². The number of unbranched alkanes of at least 4 members (excludes halogenated alkanes) is 2. The van der Waals surface area contributed by atoms with Gasteiger partial charge in [-0.05, 0) is 58.9 Å². The zero-order valence-electron chi connectivity index (χ0n) is 17.0. The molecule has 0 bridgehead atoms. The Labute approximate surface area is 158 Å². The van der Waals surface area contributed by atoms with Gasteiger partial charge in [-0.1, -0.05) is 25.8 Å². The lowest BCUT2D eigenvalue weighted by Gasteiger charge is -2.25. The van der Waals surface area contributed by atoms with Gasteiger partial charge in [0.15, 0.2) is 0 Å². The van der Waals surface area contributed by atoms with Gasteiger partial charge in [-0.3, -0.25) is 14.5 Å². The first-order chi connectivity index (χ1) is 12.4. The molecular formula is C21H35N3O2. The molecule has 5 heteroatoms. The van der Waals surface area contributed by atoms with Crippen molar-refractivity contribution < 1.29 is 9.59 Å². The van der Waals surface area contributed by atoms with Crippen molar-refractivity contribution in [3.63, 3.8) is 0 Å². The second-order valence-corrected chi connectivity index (χ2v) is 6.88. The number of anilines is 1. The number of nitrogens with zero attached hydrogens (tertiary/aromatic N) is 2. The molecular weight excluding hydrogens is 326 g/mol. The van der Waals surface area contributed by atoms with E-state index in [0.29, 0.717) is 36.9 Å². The minimum atomic E-state index is -0.0392. The van der Waals surface area contributed by atoms with E-state index in [2.05, 4.69) is 31.0 Å². The number of amides is 2. The molecule has 5 nitrogen and oxygen atoms in total. The Morgan fingerprint density at radius 2 is 1.77 bits per heavy atom. The highest BCUT2D eigenvalue weighted by molar-refractivity contribution is 5.97. The number of rotatable bonds is 11. The highest BCUT2D eigenvalue weighted by Gasteiger charge is 2.16. The summed E-state index contributed by atoms with van der Waals surface area (Å²) in [5, 5.41) is 2.94. The maximum absolute atomic E-state index is 12.5. The lowest BCUT2D eigenvalue weighted by molar-refractivity contribution is -0.117. The first kappa shape index (κ1) is 22.2. The molecule has 0 aromatic heterocycles. The van der Waals surface area contributed by atoms with Crippen molar-refractivity contribution in [2.24, 2.45) is 0 Å². The largest absolute Gasteiger partial charge is 0.339 e. The van der Waals surface area contributed by atoms with E-state index < -0.39 is 0 Å². The summed E-state index contributed by atoms with van der Waals surface area (Å²) in [5.74, 6) is -0.0443. The fourth-order valence-corrected chi connectivity index (χ4v) is 2.89. The number of carbonyl (C=O) groups excluding carboxylic acids is 2. The van der Waals surface area contributed by atoms with Gasteiger partial charge in [0.1, 0.15) is 0 Å². The standard InChI is InChI=1S/C21H35N3O2/c1-6-9-10-14-24(17(4)5)16-20(25)22-19-13-11-12-18(15-19)21(26)23(7-2)8-3/h11-13,15,17H,6-10,14,16H2,1-5H3,(H,22,25). The van der Waals surface area contributed by atoms with Crippen LogP contribution >= 0.6 is 0 Å². The van der Waals surface area contributed by atoms with E-state index in [-0.39, 0.29) is 11.8 Å². The summed E-state index contributed by atoms with van der Waals surface area (Å²) in [6.45, 7) is 13.0. The molecule has 0 unspecified atom stereocenters. The van der Waals surface area contributed by atoms with Crippen LogP contribution in [0.1, 0.15) is 64.2 Å². The Morgan fingerprint density at radius 3 is 2.35 bits per heavy atom. The minimum absolute atomic E-state index is 0.00512. The highest BCUT2D eigenvalue weighted by Crippen LogP contribution is 2.13. The summed E-state index contributed by atoms with van der Waals surface area (Å²) >= 11 is 0. The van der Waals surface area contributed by atoms with Crippen molar-refractivity contribution in [2.75, 3.05) is 31.5 Å². The van der Waals surface area contributed by atoms with Crippen LogP contribution in [0.25, 0.3) is 0 Å². The Kier molecular flexibility index (Phi) is 9.96. The zero-order valence-corrected chi connectivity index (χ0v) is 17.0. The third kappa shape index (κ3) is 7.16. The Morgan fingerprint density at radius 1 is 1.08 bits per heavy atom. The molecule has 26 heavy (non-hydrogen) atoms. The summed E-state index contributed by atoms with van der Waals surface area (Å²) in [6.07, 6.45) is 3.46. The Balaban J connectivity index is 2.71. The van der Waals surface area contributed by atoms with Gasteiger partial charge in [-0.15, -0.1) is 0 Å². The molecule has 0 radical (unpaired) electrons. The normalized spacial score (nSPS) is 11.0. The quantitative estimate of drug-likeness (QED) is 0.606. The maximum atomic E-state index is 12.5. The van der Waals surface area contributed by atoms with E-state index in [1.165, 1.54) is 12.8 Å². The van der Waals surface area contributed by atoms with Crippen LogP contribution < -0.4 is 5.32 Å². The van der Waals surface area contributed by atoms with Gasteiger partial charge in [0.2, 0.25) is 5.91 Å². The molecule has 1 rings (SSSR count). The SMILES string of the molecule is CCCCCN(CC(=O)Nc1cccc(C(=O)N(CC)CC)c1)C(C)C. The monoisotopic (exact) mass is 361 g/mol. The number of hydrogen-bond donors (Lipinski definition) is 1. The molecule has 0 fully saturated rings. The highest BCUT2D eigenvalue weighted by atomic mass is 16.2. The topological polar surface area (TPSA) is 52.7 Å². The van der Waals surface area contributed by atoms with Crippen molar-refractivity contribution >= 4 is 17.5 Å². The van der Waals surface area contributed by atoms with Gasteiger partial charge in [-0.2, -0.15) is 0 Å². The molecule has 0 saturated carbocycles. The lowest BCUT2D eigenvalue weighted by atomic mass is 10.1. The zero-order chi connectivity index (χ0) is 19.5. The molecule has 1 aromatic rings. The second kappa shape index (κ2) is 11.7. The van der Waals surface area contributed by atoms with Crippen molar-refractivity contribution in [1.29, 1.82) is 0 Å².